The largest absolute Gasteiger partial charge is 0.478 e. The lowest BCUT2D eigenvalue weighted by Gasteiger charge is -2.09. The number of carboxylic acid groups (broad SMARTS) is 1. The Labute approximate surface area is 110 Å². The minimum atomic E-state index is -3.25. The van der Waals surface area contributed by atoms with Gasteiger partial charge in [-0.25, -0.2) is 4.79 Å². The van der Waals surface area contributed by atoms with Gasteiger partial charge in [0, 0.05) is 6.08 Å². The number of alkyl halides is 2. The van der Waals surface area contributed by atoms with Gasteiger partial charge in [-0.05, 0) is 18.2 Å². The molecule has 0 unspecified atom stereocenters. The summed E-state index contributed by atoms with van der Waals surface area (Å²) < 4.78 is 28.5. The number of nitro benzene ring substituents is 1. The van der Waals surface area contributed by atoms with Crippen LogP contribution in [0, 0.1) is 21.4 Å². The average Bonchev–Trinajstić information content (AvgIpc) is 2.35. The first-order chi connectivity index (χ1) is 9.36. The van der Waals surface area contributed by atoms with E-state index in [9.17, 15) is 23.7 Å². The van der Waals surface area contributed by atoms with E-state index >= 15 is 0 Å². The first kappa shape index (κ1) is 15.0. The van der Waals surface area contributed by atoms with Crippen LogP contribution in [0.2, 0.25) is 0 Å². The third-order valence-corrected chi connectivity index (χ3v) is 2.09. The number of halogens is 2. The summed E-state index contributed by atoms with van der Waals surface area (Å²) >= 11 is 0. The Hall–Kier alpha value is -3.02. The van der Waals surface area contributed by atoms with E-state index in [2.05, 4.69) is 4.74 Å². The molecule has 1 rings (SSSR count). The Balaban J connectivity index is 3.55. The van der Waals surface area contributed by atoms with Crippen molar-refractivity contribution in [2.24, 2.45) is 0 Å². The summed E-state index contributed by atoms with van der Waals surface area (Å²) in [6, 6.07) is 3.39. The van der Waals surface area contributed by atoms with Crippen LogP contribution >= 0.6 is 0 Å². The van der Waals surface area contributed by atoms with Crippen molar-refractivity contribution >= 4 is 17.7 Å². The van der Waals surface area contributed by atoms with Crippen LogP contribution in [0.5, 0.6) is 5.75 Å². The highest BCUT2D eigenvalue weighted by Gasteiger charge is 2.24. The number of benzene rings is 1. The van der Waals surface area contributed by atoms with E-state index in [0.29, 0.717) is 6.08 Å². The molecule has 0 saturated carbocycles. The van der Waals surface area contributed by atoms with E-state index in [4.69, 9.17) is 10.4 Å². The van der Waals surface area contributed by atoms with Crippen LogP contribution in [0.15, 0.2) is 18.2 Å². The smallest absolute Gasteiger partial charge is 0.387 e. The average molecular weight is 284 g/mol. The molecule has 0 spiro atoms. The van der Waals surface area contributed by atoms with Gasteiger partial charge in [0.15, 0.2) is 0 Å². The van der Waals surface area contributed by atoms with E-state index in [1.165, 1.54) is 6.07 Å². The van der Waals surface area contributed by atoms with Gasteiger partial charge in [-0.2, -0.15) is 14.0 Å². The zero-order valence-electron chi connectivity index (χ0n) is 9.62. The molecule has 0 aliphatic carbocycles. The monoisotopic (exact) mass is 284 g/mol. The van der Waals surface area contributed by atoms with E-state index < -0.39 is 40.1 Å². The van der Waals surface area contributed by atoms with Crippen LogP contribution in [0.4, 0.5) is 14.5 Å². The second kappa shape index (κ2) is 6.24. The maximum atomic E-state index is 12.2. The molecule has 104 valence electrons. The van der Waals surface area contributed by atoms with Gasteiger partial charge in [-0.3, -0.25) is 10.1 Å². The highest BCUT2D eigenvalue weighted by molar-refractivity contribution is 5.87. The minimum absolute atomic E-state index is 0.401. The summed E-state index contributed by atoms with van der Waals surface area (Å²) in [6.07, 6.45) is 1.24. The van der Waals surface area contributed by atoms with Crippen molar-refractivity contribution in [2.75, 3.05) is 0 Å². The number of rotatable bonds is 5. The Morgan fingerprint density at radius 1 is 1.55 bits per heavy atom. The molecule has 0 atom stereocenters. The summed E-state index contributed by atoms with van der Waals surface area (Å²) in [5, 5.41) is 28.2. The second-order valence-corrected chi connectivity index (χ2v) is 3.29. The van der Waals surface area contributed by atoms with Crippen LogP contribution in [-0.2, 0) is 4.79 Å². The lowest BCUT2D eigenvalue weighted by atomic mass is 10.1. The van der Waals surface area contributed by atoms with Crippen LogP contribution in [0.25, 0.3) is 6.08 Å². The molecule has 7 nitrogen and oxygen atoms in total. The number of nitro groups is 1. The Morgan fingerprint density at radius 3 is 2.65 bits per heavy atom. The SMILES string of the molecule is N#Cc1ccc(OC(F)F)c(/C=C/C(=O)O)c1[N+](=O)[O-]. The van der Waals surface area contributed by atoms with Crippen molar-refractivity contribution < 1.29 is 28.3 Å². The Morgan fingerprint density at radius 2 is 2.20 bits per heavy atom. The number of hydrogen-bond acceptors (Lipinski definition) is 5. The van der Waals surface area contributed by atoms with Crippen LogP contribution in [0.3, 0.4) is 0 Å². The molecule has 9 heteroatoms. The molecule has 1 N–H and O–H groups in total. The predicted octanol–water partition coefficient (Wildman–Crippen LogP) is 2.17. The molecule has 20 heavy (non-hydrogen) atoms. The zero-order valence-corrected chi connectivity index (χ0v) is 9.62. The van der Waals surface area contributed by atoms with Gasteiger partial charge in [0.2, 0.25) is 0 Å². The van der Waals surface area contributed by atoms with Gasteiger partial charge in [0.1, 0.15) is 17.4 Å². The minimum Gasteiger partial charge on any atom is -0.478 e. The summed E-state index contributed by atoms with van der Waals surface area (Å²) in [5.74, 6) is -2.03. The summed E-state index contributed by atoms with van der Waals surface area (Å²) in [7, 11) is 0. The maximum absolute atomic E-state index is 12.2. The van der Waals surface area contributed by atoms with Crippen molar-refractivity contribution in [3.63, 3.8) is 0 Å². The third-order valence-electron chi connectivity index (χ3n) is 2.09. The van der Waals surface area contributed by atoms with Gasteiger partial charge >= 0.3 is 12.6 Å². The molecular weight excluding hydrogens is 278 g/mol. The lowest BCUT2D eigenvalue weighted by molar-refractivity contribution is -0.385. The second-order valence-electron chi connectivity index (χ2n) is 3.29. The lowest BCUT2D eigenvalue weighted by Crippen LogP contribution is -2.06. The molecule has 0 aliphatic rings. The van der Waals surface area contributed by atoms with Crippen LogP contribution < -0.4 is 4.74 Å². The standard InChI is InChI=1S/C11H6F2N2O5/c12-11(13)20-8-3-1-6(5-14)10(15(18)19)7(8)2-4-9(16)17/h1-4,11H,(H,16,17)/b4-2+. The Kier molecular flexibility index (Phi) is 4.69. The van der Waals surface area contributed by atoms with Gasteiger partial charge in [0.05, 0.1) is 10.5 Å². The number of nitriles is 1. The predicted molar refractivity (Wildman–Crippen MR) is 61.1 cm³/mol. The molecule has 1 aromatic rings. The maximum Gasteiger partial charge on any atom is 0.387 e. The van der Waals surface area contributed by atoms with Gasteiger partial charge in [-0.1, -0.05) is 0 Å². The Bertz CT molecular complexity index is 622. The van der Waals surface area contributed by atoms with Crippen molar-refractivity contribution in [3.05, 3.63) is 39.4 Å². The van der Waals surface area contributed by atoms with Crippen molar-refractivity contribution in [2.45, 2.75) is 6.61 Å². The molecular formula is C11H6F2N2O5. The fraction of sp³-hybridized carbons (Fsp3) is 0.0909. The first-order valence-electron chi connectivity index (χ1n) is 4.94. The molecule has 0 radical (unpaired) electrons. The molecule has 0 aromatic heterocycles. The molecule has 1 aromatic carbocycles. The van der Waals surface area contributed by atoms with Crippen LogP contribution in [-0.4, -0.2) is 22.6 Å². The van der Waals surface area contributed by atoms with Gasteiger partial charge in [0.25, 0.3) is 5.69 Å². The highest BCUT2D eigenvalue weighted by Crippen LogP contribution is 2.33. The van der Waals surface area contributed by atoms with Crippen molar-refractivity contribution in [1.29, 1.82) is 5.26 Å². The fourth-order valence-electron chi connectivity index (χ4n) is 1.39. The summed E-state index contributed by atoms with van der Waals surface area (Å²) in [6.45, 7) is -3.25. The number of carboxylic acids is 1. The number of carbonyl (C=O) groups is 1. The van der Waals surface area contributed by atoms with E-state index in [0.717, 1.165) is 18.2 Å². The van der Waals surface area contributed by atoms with Gasteiger partial charge in [-0.15, -0.1) is 0 Å². The highest BCUT2D eigenvalue weighted by atomic mass is 19.3. The van der Waals surface area contributed by atoms with Crippen molar-refractivity contribution in [1.82, 2.24) is 0 Å². The molecule has 0 amide bonds. The summed E-state index contributed by atoms with van der Waals surface area (Å²) in [4.78, 5) is 20.4. The summed E-state index contributed by atoms with van der Waals surface area (Å²) in [5.41, 5.74) is -1.72. The number of aliphatic carboxylic acids is 1. The zero-order chi connectivity index (χ0) is 15.3. The number of hydrogen-bond donors (Lipinski definition) is 1. The molecule has 0 fully saturated rings. The van der Waals surface area contributed by atoms with E-state index in [1.54, 1.807) is 0 Å². The van der Waals surface area contributed by atoms with Crippen LogP contribution in [0.1, 0.15) is 11.1 Å². The molecule has 0 heterocycles. The number of nitrogens with zero attached hydrogens (tertiary/aromatic N) is 2. The normalized spacial score (nSPS) is 10.5. The van der Waals surface area contributed by atoms with Gasteiger partial charge < -0.3 is 9.84 Å². The fourth-order valence-corrected chi connectivity index (χ4v) is 1.39. The van der Waals surface area contributed by atoms with E-state index in [-0.39, 0.29) is 0 Å². The third kappa shape index (κ3) is 3.49. The molecule has 0 saturated heterocycles. The number of ether oxygens (including phenoxy) is 1. The molecule has 0 aliphatic heterocycles. The first-order valence-corrected chi connectivity index (χ1v) is 4.94. The van der Waals surface area contributed by atoms with E-state index in [1.807, 2.05) is 0 Å². The molecule has 0 bridgehead atoms. The van der Waals surface area contributed by atoms with Crippen molar-refractivity contribution in [3.8, 4) is 11.8 Å². The topological polar surface area (TPSA) is 113 Å². The quantitative estimate of drug-likeness (QED) is 0.503.